The van der Waals surface area contributed by atoms with Crippen LogP contribution < -0.4 is 14.2 Å². The maximum atomic E-state index is 10.7. The Labute approximate surface area is 212 Å². The Bertz CT molecular complexity index is 1090. The number of carbonyl (C=O) groups is 1. The maximum absolute atomic E-state index is 10.7. The zero-order chi connectivity index (χ0) is 24.3. The third kappa shape index (κ3) is 7.57. The smallest absolute Gasteiger partial charge is 0.341 e. The Kier molecular flexibility index (Phi) is 9.91. The minimum atomic E-state index is -1.01. The summed E-state index contributed by atoms with van der Waals surface area (Å²) in [6.45, 7) is 4.80. The Morgan fingerprint density at radius 2 is 1.47 bits per heavy atom. The van der Waals surface area contributed by atoms with E-state index >= 15 is 0 Å². The van der Waals surface area contributed by atoms with Gasteiger partial charge in [0.05, 0.1) is 13.2 Å². The maximum Gasteiger partial charge on any atom is 0.341 e. The van der Waals surface area contributed by atoms with Crippen LogP contribution in [0, 0.1) is 0 Å². The van der Waals surface area contributed by atoms with E-state index in [1.807, 2.05) is 44.2 Å². The lowest BCUT2D eigenvalue weighted by Crippen LogP contribution is -2.09. The second-order valence-corrected chi connectivity index (χ2v) is 9.04. The summed E-state index contributed by atoms with van der Waals surface area (Å²) >= 11 is 5.23. The number of aliphatic carboxylic acids is 1. The minimum absolute atomic E-state index is 0.368. The Morgan fingerprint density at radius 1 is 0.882 bits per heavy atom. The van der Waals surface area contributed by atoms with Crippen molar-refractivity contribution in [1.29, 1.82) is 0 Å². The lowest BCUT2D eigenvalue weighted by molar-refractivity contribution is -0.139. The topological polar surface area (TPSA) is 65.0 Å². The van der Waals surface area contributed by atoms with E-state index in [1.54, 1.807) is 23.9 Å². The Morgan fingerprint density at radius 3 is 2.00 bits per heavy atom. The van der Waals surface area contributed by atoms with Crippen molar-refractivity contribution in [2.24, 2.45) is 0 Å². The van der Waals surface area contributed by atoms with Crippen LogP contribution in [-0.4, -0.2) is 36.6 Å². The number of halogens is 1. The number of rotatable bonds is 12. The van der Waals surface area contributed by atoms with Crippen LogP contribution in [-0.2, 0) is 4.79 Å². The van der Waals surface area contributed by atoms with Gasteiger partial charge in [-0.1, -0.05) is 30.3 Å². The third-order valence-electron chi connectivity index (χ3n) is 4.70. The standard InChI is InChI=1S/C27H27BrO5S/c1-3-31-21-9-5-7-19(15-21)24(20-8-6-10-22(16-20)32-4-2)13-14-34-26-12-11-23(17-25(26)28)33-18-27(29)30/h5-13,15-17H,3-4,14,18H2,1-2H3,(H,29,30). The number of thioether (sulfide) groups is 1. The van der Waals surface area contributed by atoms with Crippen molar-refractivity contribution in [3.05, 3.63) is 88.4 Å². The van der Waals surface area contributed by atoms with Crippen LogP contribution in [0.4, 0.5) is 0 Å². The molecular weight excluding hydrogens is 516 g/mol. The molecule has 0 fully saturated rings. The minimum Gasteiger partial charge on any atom is -0.494 e. The predicted octanol–water partition coefficient (Wildman–Crippen LogP) is 6.93. The van der Waals surface area contributed by atoms with Gasteiger partial charge in [-0.25, -0.2) is 4.79 Å². The molecule has 0 radical (unpaired) electrons. The molecule has 0 bridgehead atoms. The van der Waals surface area contributed by atoms with Gasteiger partial charge in [0.25, 0.3) is 0 Å². The quantitative estimate of drug-likeness (QED) is 0.250. The highest BCUT2D eigenvalue weighted by atomic mass is 79.9. The number of benzene rings is 3. The van der Waals surface area contributed by atoms with E-state index in [0.29, 0.717) is 19.0 Å². The summed E-state index contributed by atoms with van der Waals surface area (Å²) < 4.78 is 17.5. The number of carboxylic acids is 1. The first-order chi connectivity index (χ1) is 16.5. The molecule has 5 nitrogen and oxygen atoms in total. The van der Waals surface area contributed by atoms with Crippen molar-refractivity contribution in [3.63, 3.8) is 0 Å². The average molecular weight is 543 g/mol. The van der Waals surface area contributed by atoms with Crippen LogP contribution in [0.2, 0.25) is 0 Å². The molecule has 3 aromatic rings. The lowest BCUT2D eigenvalue weighted by atomic mass is 9.97. The summed E-state index contributed by atoms with van der Waals surface area (Å²) in [5, 5.41) is 8.79. The van der Waals surface area contributed by atoms with Crippen molar-refractivity contribution in [1.82, 2.24) is 0 Å². The van der Waals surface area contributed by atoms with Crippen LogP contribution in [0.15, 0.2) is 82.2 Å². The van der Waals surface area contributed by atoms with Gasteiger partial charge < -0.3 is 19.3 Å². The Balaban J connectivity index is 1.85. The molecule has 1 N–H and O–H groups in total. The molecule has 7 heteroatoms. The molecule has 0 atom stereocenters. The van der Waals surface area contributed by atoms with Crippen molar-refractivity contribution >= 4 is 39.2 Å². The average Bonchev–Trinajstić information content (AvgIpc) is 2.82. The van der Waals surface area contributed by atoms with E-state index < -0.39 is 5.97 Å². The van der Waals surface area contributed by atoms with Gasteiger partial charge in [0.1, 0.15) is 17.2 Å². The molecule has 0 amide bonds. The molecule has 34 heavy (non-hydrogen) atoms. The second kappa shape index (κ2) is 13.1. The SMILES string of the molecule is CCOc1cccc(C(=CCSc2ccc(OCC(=O)O)cc2Br)c2cccc(OCC)c2)c1. The third-order valence-corrected chi connectivity index (χ3v) is 6.62. The fraction of sp³-hybridized carbons (Fsp3) is 0.222. The summed E-state index contributed by atoms with van der Waals surface area (Å²) in [4.78, 5) is 11.7. The van der Waals surface area contributed by atoms with Gasteiger partial charge in [-0.2, -0.15) is 0 Å². The molecule has 0 saturated heterocycles. The normalized spacial score (nSPS) is 10.4. The van der Waals surface area contributed by atoms with Crippen LogP contribution in [0.3, 0.4) is 0 Å². The number of hydrogen-bond acceptors (Lipinski definition) is 5. The van der Waals surface area contributed by atoms with Crippen molar-refractivity contribution in [2.45, 2.75) is 18.7 Å². The fourth-order valence-corrected chi connectivity index (χ4v) is 4.78. The first kappa shape index (κ1) is 25.7. The van der Waals surface area contributed by atoms with Crippen LogP contribution >= 0.6 is 27.7 Å². The molecule has 0 unspecified atom stereocenters. The number of ether oxygens (including phenoxy) is 3. The first-order valence-electron chi connectivity index (χ1n) is 10.9. The van der Waals surface area contributed by atoms with Crippen LogP contribution in [0.25, 0.3) is 5.57 Å². The molecule has 0 heterocycles. The molecule has 0 aliphatic heterocycles. The van der Waals surface area contributed by atoms with E-state index in [1.165, 1.54) is 0 Å². The highest BCUT2D eigenvalue weighted by molar-refractivity contribution is 9.10. The highest BCUT2D eigenvalue weighted by Crippen LogP contribution is 2.33. The van der Waals surface area contributed by atoms with E-state index in [-0.39, 0.29) is 6.61 Å². The van der Waals surface area contributed by atoms with Gasteiger partial charge in [-0.15, -0.1) is 11.8 Å². The summed E-state index contributed by atoms with van der Waals surface area (Å²) in [6.07, 6.45) is 2.20. The molecule has 0 aromatic heterocycles. The molecule has 0 aliphatic rings. The van der Waals surface area contributed by atoms with Gasteiger partial charge >= 0.3 is 5.97 Å². The van der Waals surface area contributed by atoms with Crippen molar-refractivity contribution in [3.8, 4) is 17.2 Å². The van der Waals surface area contributed by atoms with E-state index in [4.69, 9.17) is 19.3 Å². The largest absolute Gasteiger partial charge is 0.494 e. The van der Waals surface area contributed by atoms with Crippen LogP contribution in [0.5, 0.6) is 17.2 Å². The zero-order valence-electron chi connectivity index (χ0n) is 19.1. The molecule has 0 spiro atoms. The van der Waals surface area contributed by atoms with Gasteiger partial charge in [0, 0.05) is 15.1 Å². The highest BCUT2D eigenvalue weighted by Gasteiger charge is 2.10. The summed E-state index contributed by atoms with van der Waals surface area (Å²) in [5.74, 6) is 1.89. The number of hydrogen-bond donors (Lipinski definition) is 1. The van der Waals surface area contributed by atoms with E-state index in [9.17, 15) is 4.79 Å². The first-order valence-corrected chi connectivity index (χ1v) is 12.7. The molecule has 3 aromatic carbocycles. The predicted molar refractivity (Wildman–Crippen MR) is 140 cm³/mol. The van der Waals surface area contributed by atoms with E-state index in [0.717, 1.165) is 43.3 Å². The fourth-order valence-electron chi connectivity index (χ4n) is 3.29. The monoisotopic (exact) mass is 542 g/mol. The van der Waals surface area contributed by atoms with Crippen molar-refractivity contribution < 1.29 is 24.1 Å². The van der Waals surface area contributed by atoms with E-state index in [2.05, 4.69) is 46.3 Å². The lowest BCUT2D eigenvalue weighted by Gasteiger charge is -2.13. The van der Waals surface area contributed by atoms with Crippen molar-refractivity contribution in [2.75, 3.05) is 25.6 Å². The zero-order valence-corrected chi connectivity index (χ0v) is 21.5. The summed E-state index contributed by atoms with van der Waals surface area (Å²) in [6, 6.07) is 21.7. The number of carboxylic acid groups (broad SMARTS) is 1. The van der Waals surface area contributed by atoms with Gasteiger partial charge in [0.15, 0.2) is 6.61 Å². The molecule has 0 aliphatic carbocycles. The summed E-state index contributed by atoms with van der Waals surface area (Å²) in [7, 11) is 0. The summed E-state index contributed by atoms with van der Waals surface area (Å²) in [5.41, 5.74) is 3.22. The van der Waals surface area contributed by atoms with Gasteiger partial charge in [-0.05, 0) is 88.9 Å². The molecular formula is C27H27BrO5S. The van der Waals surface area contributed by atoms with Crippen LogP contribution in [0.1, 0.15) is 25.0 Å². The molecule has 3 rings (SSSR count). The molecule has 0 saturated carbocycles. The Hall–Kier alpha value is -2.90. The molecule has 178 valence electrons. The van der Waals surface area contributed by atoms with Gasteiger partial charge in [0.2, 0.25) is 0 Å². The van der Waals surface area contributed by atoms with Gasteiger partial charge in [-0.3, -0.25) is 0 Å². The second-order valence-electron chi connectivity index (χ2n) is 7.13.